The number of hydrogen-bond donors (Lipinski definition) is 1. The van der Waals surface area contributed by atoms with E-state index in [4.69, 9.17) is 9.47 Å². The molecule has 1 aromatic carbocycles. The number of ether oxygens (including phenoxy) is 2. The summed E-state index contributed by atoms with van der Waals surface area (Å²) >= 11 is 0. The highest BCUT2D eigenvalue weighted by molar-refractivity contribution is 5.95. The minimum Gasteiger partial charge on any atom is -0.352 e. The molecular formula is C20H24N2O3. The quantitative estimate of drug-likeness (QED) is 0.821. The van der Waals surface area contributed by atoms with Crippen molar-refractivity contribution in [3.63, 3.8) is 0 Å². The van der Waals surface area contributed by atoms with Crippen LogP contribution < -0.4 is 5.32 Å². The zero-order valence-corrected chi connectivity index (χ0v) is 14.7. The maximum absolute atomic E-state index is 12.1. The first-order chi connectivity index (χ1) is 12.1. The van der Waals surface area contributed by atoms with Gasteiger partial charge in [0.25, 0.3) is 0 Å². The van der Waals surface area contributed by atoms with Crippen LogP contribution in [0.1, 0.15) is 25.8 Å². The number of fused-ring (bicyclic) bond motifs is 1. The van der Waals surface area contributed by atoms with E-state index in [1.807, 2.05) is 43.3 Å². The molecule has 0 spiro atoms. The number of benzene rings is 1. The first-order valence-electron chi connectivity index (χ1n) is 8.63. The summed E-state index contributed by atoms with van der Waals surface area (Å²) in [7, 11) is 0. The van der Waals surface area contributed by atoms with E-state index in [9.17, 15) is 4.79 Å². The number of amides is 1. The van der Waals surface area contributed by atoms with Crippen molar-refractivity contribution < 1.29 is 14.3 Å². The van der Waals surface area contributed by atoms with Gasteiger partial charge >= 0.3 is 0 Å². The van der Waals surface area contributed by atoms with Gasteiger partial charge < -0.3 is 14.8 Å². The molecule has 1 aromatic heterocycles. The van der Waals surface area contributed by atoms with Crippen molar-refractivity contribution in [1.82, 2.24) is 10.3 Å². The third-order valence-corrected chi connectivity index (χ3v) is 4.34. The Morgan fingerprint density at radius 3 is 2.88 bits per heavy atom. The summed E-state index contributed by atoms with van der Waals surface area (Å²) < 4.78 is 11.2. The van der Waals surface area contributed by atoms with Crippen molar-refractivity contribution in [2.75, 3.05) is 19.8 Å². The smallest absolute Gasteiger partial charge is 0.244 e. The molecule has 2 aromatic rings. The highest BCUT2D eigenvalue weighted by Crippen LogP contribution is 2.26. The Hall–Kier alpha value is -2.24. The standard InChI is InChI=1S/C20H24N2O3/c1-15(13-20(2)24-11-12-25-20)14-22-19(23)8-7-16-9-10-21-18-6-4-3-5-17(16)18/h3-10,15H,11-14H2,1-2H3,(H,22,23)/b8-7+. The number of rotatable bonds is 6. The van der Waals surface area contributed by atoms with E-state index in [0.717, 1.165) is 22.9 Å². The second kappa shape index (κ2) is 7.76. The van der Waals surface area contributed by atoms with E-state index in [-0.39, 0.29) is 11.8 Å². The van der Waals surface area contributed by atoms with Gasteiger partial charge in [-0.3, -0.25) is 9.78 Å². The molecule has 1 amide bonds. The number of pyridine rings is 1. The van der Waals surface area contributed by atoms with Crippen molar-refractivity contribution in [1.29, 1.82) is 0 Å². The van der Waals surface area contributed by atoms with Crippen LogP contribution in [0.25, 0.3) is 17.0 Å². The number of para-hydroxylation sites is 1. The molecule has 3 rings (SSSR count). The van der Waals surface area contributed by atoms with Crippen molar-refractivity contribution >= 4 is 22.9 Å². The second-order valence-corrected chi connectivity index (χ2v) is 6.64. The summed E-state index contributed by atoms with van der Waals surface area (Å²) in [6, 6.07) is 9.79. The van der Waals surface area contributed by atoms with Crippen LogP contribution in [0.15, 0.2) is 42.6 Å². The Morgan fingerprint density at radius 2 is 2.08 bits per heavy atom. The first kappa shape index (κ1) is 17.6. The topological polar surface area (TPSA) is 60.5 Å². The van der Waals surface area contributed by atoms with Gasteiger partial charge in [-0.2, -0.15) is 0 Å². The zero-order valence-electron chi connectivity index (χ0n) is 14.7. The molecule has 1 aliphatic heterocycles. The monoisotopic (exact) mass is 340 g/mol. The molecule has 1 atom stereocenters. The summed E-state index contributed by atoms with van der Waals surface area (Å²) in [5.41, 5.74) is 1.90. The maximum atomic E-state index is 12.1. The van der Waals surface area contributed by atoms with E-state index < -0.39 is 5.79 Å². The van der Waals surface area contributed by atoms with Crippen molar-refractivity contribution in [2.24, 2.45) is 5.92 Å². The third kappa shape index (κ3) is 4.65. The summed E-state index contributed by atoms with van der Waals surface area (Å²) in [6.07, 6.45) is 5.91. The maximum Gasteiger partial charge on any atom is 0.244 e. The molecule has 0 saturated carbocycles. The number of carbonyl (C=O) groups excluding carboxylic acids is 1. The predicted octanol–water partition coefficient (Wildman–Crippen LogP) is 3.15. The molecule has 1 saturated heterocycles. The lowest BCUT2D eigenvalue weighted by atomic mass is 10.0. The molecule has 0 bridgehead atoms. The van der Waals surface area contributed by atoms with Gasteiger partial charge in [0.1, 0.15) is 0 Å². The Morgan fingerprint density at radius 1 is 1.32 bits per heavy atom. The average molecular weight is 340 g/mol. The number of hydrogen-bond acceptors (Lipinski definition) is 4. The van der Waals surface area contributed by atoms with Crippen LogP contribution >= 0.6 is 0 Å². The second-order valence-electron chi connectivity index (χ2n) is 6.64. The molecule has 132 valence electrons. The van der Waals surface area contributed by atoms with Gasteiger partial charge in [0.15, 0.2) is 5.79 Å². The van der Waals surface area contributed by atoms with E-state index in [2.05, 4.69) is 17.2 Å². The molecule has 0 radical (unpaired) electrons. The van der Waals surface area contributed by atoms with Crippen LogP contribution in [0.3, 0.4) is 0 Å². The summed E-state index contributed by atoms with van der Waals surface area (Å²) in [4.78, 5) is 16.4. The van der Waals surface area contributed by atoms with Gasteiger partial charge in [0, 0.05) is 30.6 Å². The van der Waals surface area contributed by atoms with Crippen molar-refractivity contribution in [3.05, 3.63) is 48.2 Å². The molecule has 25 heavy (non-hydrogen) atoms. The Labute approximate surface area is 148 Å². The molecule has 5 heteroatoms. The summed E-state index contributed by atoms with van der Waals surface area (Å²) in [5, 5.41) is 3.97. The average Bonchev–Trinajstić information content (AvgIpc) is 3.04. The summed E-state index contributed by atoms with van der Waals surface area (Å²) in [5.74, 6) is -0.357. The van der Waals surface area contributed by atoms with E-state index in [1.165, 1.54) is 0 Å². The zero-order chi connectivity index (χ0) is 17.7. The number of aromatic nitrogens is 1. The number of carbonyl (C=O) groups is 1. The van der Waals surface area contributed by atoms with Gasteiger partial charge in [0.2, 0.25) is 5.91 Å². The van der Waals surface area contributed by atoms with Gasteiger partial charge in [0.05, 0.1) is 18.7 Å². The van der Waals surface area contributed by atoms with Crippen LogP contribution in [-0.2, 0) is 14.3 Å². The fourth-order valence-corrected chi connectivity index (χ4v) is 3.14. The molecule has 2 heterocycles. The number of nitrogens with zero attached hydrogens (tertiary/aromatic N) is 1. The fraction of sp³-hybridized carbons (Fsp3) is 0.400. The minimum atomic E-state index is -0.518. The Bertz CT molecular complexity index is 761. The Kier molecular flexibility index (Phi) is 5.46. The van der Waals surface area contributed by atoms with E-state index in [0.29, 0.717) is 19.8 Å². The van der Waals surface area contributed by atoms with Crippen LogP contribution in [0.5, 0.6) is 0 Å². The molecular weight excluding hydrogens is 316 g/mol. The van der Waals surface area contributed by atoms with E-state index >= 15 is 0 Å². The largest absolute Gasteiger partial charge is 0.352 e. The van der Waals surface area contributed by atoms with Gasteiger partial charge in [-0.15, -0.1) is 0 Å². The van der Waals surface area contributed by atoms with Crippen LogP contribution in [0, 0.1) is 5.92 Å². The number of nitrogens with one attached hydrogen (secondary N) is 1. The highest BCUT2D eigenvalue weighted by atomic mass is 16.7. The fourth-order valence-electron chi connectivity index (χ4n) is 3.14. The molecule has 1 fully saturated rings. The summed E-state index contributed by atoms with van der Waals surface area (Å²) in [6.45, 7) is 5.89. The lowest BCUT2D eigenvalue weighted by molar-refractivity contribution is -0.154. The SMILES string of the molecule is CC(CNC(=O)/C=C/c1ccnc2ccccc12)CC1(C)OCCO1. The normalized spacial score (nSPS) is 17.8. The van der Waals surface area contributed by atoms with Gasteiger partial charge in [-0.1, -0.05) is 25.1 Å². The minimum absolute atomic E-state index is 0.105. The van der Waals surface area contributed by atoms with E-state index in [1.54, 1.807) is 12.3 Å². The van der Waals surface area contributed by atoms with Gasteiger partial charge in [-0.05, 0) is 36.6 Å². The van der Waals surface area contributed by atoms with Crippen molar-refractivity contribution in [3.8, 4) is 0 Å². The molecule has 5 nitrogen and oxygen atoms in total. The Balaban J connectivity index is 1.54. The highest BCUT2D eigenvalue weighted by Gasteiger charge is 2.32. The molecule has 1 aliphatic rings. The van der Waals surface area contributed by atoms with Gasteiger partial charge in [-0.25, -0.2) is 0 Å². The van der Waals surface area contributed by atoms with Crippen LogP contribution in [0.2, 0.25) is 0 Å². The lowest BCUT2D eigenvalue weighted by Crippen LogP contribution is -2.33. The molecule has 0 aliphatic carbocycles. The predicted molar refractivity (Wildman–Crippen MR) is 97.9 cm³/mol. The van der Waals surface area contributed by atoms with Crippen molar-refractivity contribution in [2.45, 2.75) is 26.1 Å². The third-order valence-electron chi connectivity index (χ3n) is 4.34. The molecule has 1 unspecified atom stereocenters. The van der Waals surface area contributed by atoms with Crippen LogP contribution in [0.4, 0.5) is 0 Å². The van der Waals surface area contributed by atoms with Crippen LogP contribution in [-0.4, -0.2) is 36.4 Å². The lowest BCUT2D eigenvalue weighted by Gasteiger charge is -2.25. The first-order valence-corrected chi connectivity index (χ1v) is 8.63. The molecule has 1 N–H and O–H groups in total.